The molecule has 3 rings (SSSR count). The van der Waals surface area contributed by atoms with E-state index in [-0.39, 0.29) is 5.82 Å². The first kappa shape index (κ1) is 15.9. The molecule has 0 fully saturated rings. The van der Waals surface area contributed by atoms with E-state index in [2.05, 4.69) is 26.6 Å². The number of alkyl halides is 3. The van der Waals surface area contributed by atoms with Crippen LogP contribution >= 0.6 is 11.8 Å². The monoisotopic (exact) mass is 342 g/mol. The number of rotatable bonds is 5. The van der Waals surface area contributed by atoms with E-state index in [4.69, 9.17) is 0 Å². The molecule has 0 aromatic carbocycles. The van der Waals surface area contributed by atoms with E-state index in [0.717, 1.165) is 29.3 Å². The lowest BCUT2D eigenvalue weighted by Gasteiger charge is -1.97. The molecule has 0 bridgehead atoms. The van der Waals surface area contributed by atoms with Crippen LogP contribution in [0.1, 0.15) is 24.9 Å². The number of aromatic nitrogens is 4. The van der Waals surface area contributed by atoms with E-state index in [1.165, 1.54) is 0 Å². The van der Waals surface area contributed by atoms with Gasteiger partial charge in [0.25, 0.3) is 0 Å². The Hall–Kier alpha value is -2.03. The second-order valence-electron chi connectivity index (χ2n) is 4.89. The second kappa shape index (κ2) is 6.23. The number of nitrogens with zero attached hydrogens (tertiary/aromatic N) is 4. The van der Waals surface area contributed by atoms with Crippen molar-refractivity contribution in [1.29, 1.82) is 0 Å². The fraction of sp³-hybridized carbons (Fsp3) is 0.357. The molecule has 0 aliphatic rings. The Morgan fingerprint density at radius 1 is 1.22 bits per heavy atom. The molecular formula is C14H13F3N4OS. The smallest absolute Gasteiger partial charge is 0.329 e. The van der Waals surface area contributed by atoms with Crippen LogP contribution in [0.15, 0.2) is 29.0 Å². The van der Waals surface area contributed by atoms with Crippen molar-refractivity contribution in [3.05, 3.63) is 36.1 Å². The highest BCUT2D eigenvalue weighted by Crippen LogP contribution is 2.29. The van der Waals surface area contributed by atoms with E-state index >= 15 is 0 Å². The van der Waals surface area contributed by atoms with Gasteiger partial charge in [0.1, 0.15) is 5.65 Å². The second-order valence-corrected chi connectivity index (χ2v) is 5.99. The Balaban J connectivity index is 1.86. The first-order valence-electron chi connectivity index (χ1n) is 6.94. The molecule has 5 nitrogen and oxygen atoms in total. The fourth-order valence-corrected chi connectivity index (χ4v) is 2.80. The van der Waals surface area contributed by atoms with E-state index in [1.54, 1.807) is 34.5 Å². The summed E-state index contributed by atoms with van der Waals surface area (Å²) >= 11 is 1.79. The Morgan fingerprint density at radius 2 is 2.04 bits per heavy atom. The molecule has 3 aromatic heterocycles. The fourth-order valence-electron chi connectivity index (χ4n) is 2.02. The molecule has 0 radical (unpaired) electrons. The van der Waals surface area contributed by atoms with E-state index in [0.29, 0.717) is 5.56 Å². The van der Waals surface area contributed by atoms with Crippen LogP contribution in [-0.4, -0.2) is 25.3 Å². The van der Waals surface area contributed by atoms with Crippen LogP contribution in [0.3, 0.4) is 0 Å². The number of fused-ring (bicyclic) bond motifs is 1. The maximum atomic E-state index is 12.5. The molecule has 0 N–H and O–H groups in total. The lowest BCUT2D eigenvalue weighted by Crippen LogP contribution is -2.04. The van der Waals surface area contributed by atoms with Crippen LogP contribution in [-0.2, 0) is 11.9 Å². The number of pyridine rings is 1. The highest BCUT2D eigenvalue weighted by atomic mass is 32.2. The standard InChI is InChI=1S/C14H13F3N4OS/c1-2-5-23-8-10-7-21-6-9(3-4-11(21)18-10)12-19-13(22-20-12)14(15,16)17/h3-4,6-7H,2,5,8H2,1H3. The summed E-state index contributed by atoms with van der Waals surface area (Å²) in [7, 11) is 0. The van der Waals surface area contributed by atoms with E-state index in [1.807, 2.05) is 6.20 Å². The van der Waals surface area contributed by atoms with Gasteiger partial charge in [-0.25, -0.2) is 4.98 Å². The zero-order valence-electron chi connectivity index (χ0n) is 12.2. The Morgan fingerprint density at radius 3 is 2.74 bits per heavy atom. The zero-order valence-corrected chi connectivity index (χ0v) is 13.0. The van der Waals surface area contributed by atoms with Crippen molar-refractivity contribution in [2.45, 2.75) is 25.3 Å². The lowest BCUT2D eigenvalue weighted by molar-refractivity contribution is -0.159. The van der Waals surface area contributed by atoms with Crippen LogP contribution in [0.25, 0.3) is 17.0 Å². The quantitative estimate of drug-likeness (QED) is 0.655. The largest absolute Gasteiger partial charge is 0.471 e. The van der Waals surface area contributed by atoms with Crippen molar-refractivity contribution < 1.29 is 17.7 Å². The van der Waals surface area contributed by atoms with Crippen LogP contribution in [0.2, 0.25) is 0 Å². The summed E-state index contributed by atoms with van der Waals surface area (Å²) in [6, 6.07) is 3.34. The van der Waals surface area contributed by atoms with E-state index < -0.39 is 12.1 Å². The van der Waals surface area contributed by atoms with Crippen LogP contribution < -0.4 is 0 Å². The average molecular weight is 342 g/mol. The molecule has 0 unspecified atom stereocenters. The van der Waals surface area contributed by atoms with Gasteiger partial charge in [-0.15, -0.1) is 0 Å². The molecule has 0 saturated carbocycles. The highest BCUT2D eigenvalue weighted by Gasteiger charge is 2.38. The maximum Gasteiger partial charge on any atom is 0.471 e. The van der Waals surface area contributed by atoms with Gasteiger partial charge >= 0.3 is 12.1 Å². The minimum Gasteiger partial charge on any atom is -0.329 e. The third kappa shape index (κ3) is 3.49. The number of hydrogen-bond donors (Lipinski definition) is 0. The molecule has 0 amide bonds. The predicted octanol–water partition coefficient (Wildman–Crippen LogP) is 4.05. The summed E-state index contributed by atoms with van der Waals surface area (Å²) in [4.78, 5) is 7.85. The predicted molar refractivity (Wildman–Crippen MR) is 79.9 cm³/mol. The molecule has 3 heterocycles. The van der Waals surface area contributed by atoms with Gasteiger partial charge in [0.05, 0.1) is 5.69 Å². The van der Waals surface area contributed by atoms with Gasteiger partial charge in [0.15, 0.2) is 0 Å². The van der Waals surface area contributed by atoms with Crippen LogP contribution in [0.5, 0.6) is 0 Å². The Labute approximate surface area is 133 Å². The third-order valence-electron chi connectivity index (χ3n) is 3.03. The normalized spacial score (nSPS) is 12.2. The number of thioether (sulfide) groups is 1. The topological polar surface area (TPSA) is 56.2 Å². The molecule has 9 heteroatoms. The molecule has 0 saturated heterocycles. The van der Waals surface area contributed by atoms with Crippen molar-refractivity contribution >= 4 is 17.4 Å². The minimum atomic E-state index is -4.64. The van der Waals surface area contributed by atoms with Crippen LogP contribution in [0, 0.1) is 0 Å². The number of halogens is 3. The van der Waals surface area contributed by atoms with Gasteiger partial charge in [-0.05, 0) is 24.3 Å². The zero-order chi connectivity index (χ0) is 16.4. The molecule has 0 atom stereocenters. The number of imidazole rings is 1. The first-order valence-corrected chi connectivity index (χ1v) is 8.09. The third-order valence-corrected chi connectivity index (χ3v) is 4.22. The lowest BCUT2D eigenvalue weighted by atomic mass is 10.3. The Bertz CT molecular complexity index is 812. The highest BCUT2D eigenvalue weighted by molar-refractivity contribution is 7.98. The summed E-state index contributed by atoms with van der Waals surface area (Å²) in [6.07, 6.45) is -0.0524. The maximum absolute atomic E-state index is 12.5. The van der Waals surface area contributed by atoms with Crippen molar-refractivity contribution in [2.75, 3.05) is 5.75 Å². The van der Waals surface area contributed by atoms with Crippen molar-refractivity contribution in [3.8, 4) is 11.4 Å². The van der Waals surface area contributed by atoms with Gasteiger partial charge in [-0.1, -0.05) is 12.1 Å². The van der Waals surface area contributed by atoms with E-state index in [9.17, 15) is 13.2 Å². The van der Waals surface area contributed by atoms with Crippen molar-refractivity contribution in [1.82, 2.24) is 19.5 Å². The van der Waals surface area contributed by atoms with Gasteiger partial charge in [0, 0.05) is 23.7 Å². The summed E-state index contributed by atoms with van der Waals surface area (Å²) in [5, 5.41) is 3.38. The average Bonchev–Trinajstić information content (AvgIpc) is 3.12. The van der Waals surface area contributed by atoms with Gasteiger partial charge in [-0.3, -0.25) is 0 Å². The van der Waals surface area contributed by atoms with Gasteiger partial charge < -0.3 is 8.92 Å². The van der Waals surface area contributed by atoms with Crippen molar-refractivity contribution in [3.63, 3.8) is 0 Å². The summed E-state index contributed by atoms with van der Waals surface area (Å²) in [6.45, 7) is 2.11. The summed E-state index contributed by atoms with van der Waals surface area (Å²) in [5.41, 5.74) is 2.08. The molecule has 0 spiro atoms. The first-order chi connectivity index (χ1) is 11.0. The van der Waals surface area contributed by atoms with Gasteiger partial charge in [-0.2, -0.15) is 29.9 Å². The number of hydrogen-bond acceptors (Lipinski definition) is 5. The molecule has 23 heavy (non-hydrogen) atoms. The molecule has 0 aliphatic carbocycles. The van der Waals surface area contributed by atoms with Crippen molar-refractivity contribution in [2.24, 2.45) is 0 Å². The molecule has 3 aromatic rings. The summed E-state index contributed by atoms with van der Waals surface area (Å²) in [5.74, 6) is 0.401. The SMILES string of the molecule is CCCSCc1cn2cc(-c3noc(C(F)(F)F)n3)ccc2n1. The minimum absolute atomic E-state index is 0.102. The molecule has 0 aliphatic heterocycles. The van der Waals surface area contributed by atoms with Gasteiger partial charge in [0.2, 0.25) is 5.82 Å². The molecule has 122 valence electrons. The van der Waals surface area contributed by atoms with Crippen LogP contribution in [0.4, 0.5) is 13.2 Å². The molecular weight excluding hydrogens is 329 g/mol. The summed E-state index contributed by atoms with van der Waals surface area (Å²) < 4.78 is 43.5. The Kier molecular flexibility index (Phi) is 4.29.